The molecular weight excluding hydrogens is 232 g/mol. The highest BCUT2D eigenvalue weighted by Crippen LogP contribution is 2.06. The van der Waals surface area contributed by atoms with Crippen LogP contribution in [-0.4, -0.2) is 75.3 Å². The van der Waals surface area contributed by atoms with Gasteiger partial charge in [0.15, 0.2) is 0 Å². The number of aliphatic hydroxyl groups excluding tert-OH is 4. The number of nitrogens with one attached hydrogen (secondary N) is 1. The summed E-state index contributed by atoms with van der Waals surface area (Å²) in [6.07, 6.45) is -4.29. The summed E-state index contributed by atoms with van der Waals surface area (Å²) in [4.78, 5) is 23.3. The molecule has 0 aromatic rings. The quantitative estimate of drug-likeness (QED) is 0.352. The van der Waals surface area contributed by atoms with Crippen molar-refractivity contribution in [3.63, 3.8) is 0 Å². The molecule has 17 heavy (non-hydrogen) atoms. The Morgan fingerprint density at radius 1 is 1.24 bits per heavy atom. The van der Waals surface area contributed by atoms with Gasteiger partial charge in [-0.15, -0.1) is 0 Å². The molecule has 1 rings (SSSR count). The second-order valence-electron chi connectivity index (χ2n) is 3.86. The van der Waals surface area contributed by atoms with E-state index < -0.39 is 36.9 Å². The number of amides is 3. The smallest absolute Gasteiger partial charge is 0.324 e. The average Bonchev–Trinajstić information content (AvgIpc) is 2.30. The lowest BCUT2D eigenvalue weighted by molar-refractivity contribution is -0.122. The van der Waals surface area contributed by atoms with Crippen molar-refractivity contribution >= 4 is 11.9 Å². The summed E-state index contributed by atoms with van der Waals surface area (Å²) in [5.74, 6) is -0.392. The minimum Gasteiger partial charge on any atom is -0.394 e. The molecule has 0 aromatic carbocycles. The molecule has 1 aliphatic rings. The van der Waals surface area contributed by atoms with Crippen molar-refractivity contribution in [3.05, 3.63) is 0 Å². The van der Waals surface area contributed by atoms with Crippen LogP contribution in [0.5, 0.6) is 0 Å². The second-order valence-corrected chi connectivity index (χ2v) is 3.86. The predicted molar refractivity (Wildman–Crippen MR) is 54.8 cm³/mol. The summed E-state index contributed by atoms with van der Waals surface area (Å²) in [5.41, 5.74) is 0. The highest BCUT2D eigenvalue weighted by Gasteiger charge is 2.30. The molecular formula is C9H16N2O6. The van der Waals surface area contributed by atoms with Crippen LogP contribution < -0.4 is 5.32 Å². The van der Waals surface area contributed by atoms with Crippen molar-refractivity contribution in [1.82, 2.24) is 10.2 Å². The van der Waals surface area contributed by atoms with Crippen LogP contribution in [0.25, 0.3) is 0 Å². The third-order valence-electron chi connectivity index (χ3n) is 2.53. The van der Waals surface area contributed by atoms with E-state index in [1.807, 2.05) is 0 Å². The van der Waals surface area contributed by atoms with Crippen LogP contribution in [0.3, 0.4) is 0 Å². The molecule has 8 heteroatoms. The summed E-state index contributed by atoms with van der Waals surface area (Å²) in [5, 5.41) is 38.6. The van der Waals surface area contributed by atoms with Crippen LogP contribution in [0.2, 0.25) is 0 Å². The Morgan fingerprint density at radius 2 is 1.88 bits per heavy atom. The molecule has 0 aliphatic carbocycles. The van der Waals surface area contributed by atoms with Gasteiger partial charge in [-0.3, -0.25) is 10.1 Å². The molecule has 1 fully saturated rings. The van der Waals surface area contributed by atoms with E-state index in [1.54, 1.807) is 0 Å². The molecule has 0 radical (unpaired) electrons. The van der Waals surface area contributed by atoms with Gasteiger partial charge in [0, 0.05) is 13.0 Å². The molecule has 0 aromatic heterocycles. The molecule has 3 unspecified atom stereocenters. The zero-order chi connectivity index (χ0) is 13.0. The Labute approximate surface area is 97.5 Å². The van der Waals surface area contributed by atoms with E-state index in [-0.39, 0.29) is 19.5 Å². The first-order valence-corrected chi connectivity index (χ1v) is 5.19. The van der Waals surface area contributed by atoms with E-state index in [9.17, 15) is 19.8 Å². The Morgan fingerprint density at radius 3 is 2.41 bits per heavy atom. The summed E-state index contributed by atoms with van der Waals surface area (Å²) in [6, 6.07) is -0.647. The lowest BCUT2D eigenvalue weighted by Gasteiger charge is -2.30. The number of urea groups is 1. The number of nitrogens with zero attached hydrogens (tertiary/aromatic N) is 1. The van der Waals surface area contributed by atoms with Gasteiger partial charge in [0.2, 0.25) is 5.91 Å². The van der Waals surface area contributed by atoms with Gasteiger partial charge in [-0.25, -0.2) is 4.79 Å². The molecule has 8 nitrogen and oxygen atoms in total. The van der Waals surface area contributed by atoms with Gasteiger partial charge < -0.3 is 25.3 Å². The molecule has 0 saturated carbocycles. The SMILES string of the molecule is O=C1CCN(CC(O)C(O)C(O)CO)C(=O)N1. The molecule has 3 amide bonds. The van der Waals surface area contributed by atoms with Crippen molar-refractivity contribution in [3.8, 4) is 0 Å². The first kappa shape index (κ1) is 13.8. The maximum absolute atomic E-state index is 11.3. The summed E-state index contributed by atoms with van der Waals surface area (Å²) < 4.78 is 0. The molecule has 5 N–H and O–H groups in total. The predicted octanol–water partition coefficient (Wildman–Crippen LogP) is -3.00. The molecule has 1 saturated heterocycles. The zero-order valence-corrected chi connectivity index (χ0v) is 9.11. The second kappa shape index (κ2) is 5.92. The normalized spacial score (nSPS) is 22.0. The fourth-order valence-electron chi connectivity index (χ4n) is 1.47. The van der Waals surface area contributed by atoms with Crippen molar-refractivity contribution in [1.29, 1.82) is 0 Å². The van der Waals surface area contributed by atoms with Crippen LogP contribution in [0, 0.1) is 0 Å². The van der Waals surface area contributed by atoms with Crippen LogP contribution >= 0.6 is 0 Å². The Hall–Kier alpha value is -1.22. The molecule has 98 valence electrons. The van der Waals surface area contributed by atoms with E-state index >= 15 is 0 Å². The fourth-order valence-corrected chi connectivity index (χ4v) is 1.47. The number of aliphatic hydroxyl groups is 4. The van der Waals surface area contributed by atoms with E-state index in [1.165, 1.54) is 0 Å². The van der Waals surface area contributed by atoms with Crippen LogP contribution in [0.1, 0.15) is 6.42 Å². The van der Waals surface area contributed by atoms with E-state index in [0.717, 1.165) is 4.90 Å². The largest absolute Gasteiger partial charge is 0.394 e. The molecule has 1 heterocycles. The van der Waals surface area contributed by atoms with Crippen molar-refractivity contribution in [2.75, 3.05) is 19.7 Å². The third-order valence-corrected chi connectivity index (χ3v) is 2.53. The fraction of sp³-hybridized carbons (Fsp3) is 0.778. The van der Waals surface area contributed by atoms with E-state index in [0.29, 0.717) is 0 Å². The number of carbonyl (C=O) groups is 2. The average molecular weight is 248 g/mol. The lowest BCUT2D eigenvalue weighted by atomic mass is 10.1. The highest BCUT2D eigenvalue weighted by atomic mass is 16.4. The van der Waals surface area contributed by atoms with Gasteiger partial charge in [-0.2, -0.15) is 0 Å². The number of β-amino-alcohol motifs (C(OH)–C–C–N with tert-alkyl or cyclic N) is 1. The maximum Gasteiger partial charge on any atom is 0.324 e. The lowest BCUT2D eigenvalue weighted by Crippen LogP contribution is -2.54. The molecule has 1 aliphatic heterocycles. The van der Waals surface area contributed by atoms with Crippen molar-refractivity contribution in [2.45, 2.75) is 24.7 Å². The van der Waals surface area contributed by atoms with Gasteiger partial charge in [0.1, 0.15) is 18.3 Å². The zero-order valence-electron chi connectivity index (χ0n) is 9.11. The molecule has 0 bridgehead atoms. The molecule has 3 atom stereocenters. The van der Waals surface area contributed by atoms with Crippen molar-refractivity contribution < 1.29 is 30.0 Å². The number of carbonyl (C=O) groups excluding carboxylic acids is 2. The minimum absolute atomic E-state index is 0.122. The van der Waals surface area contributed by atoms with Gasteiger partial charge in [-0.05, 0) is 0 Å². The Bertz CT molecular complexity index is 297. The number of hydrogen-bond donors (Lipinski definition) is 5. The van der Waals surface area contributed by atoms with Crippen LogP contribution in [0.15, 0.2) is 0 Å². The van der Waals surface area contributed by atoms with Crippen molar-refractivity contribution in [2.24, 2.45) is 0 Å². The Balaban J connectivity index is 2.48. The van der Waals surface area contributed by atoms with E-state index in [2.05, 4.69) is 5.32 Å². The topological polar surface area (TPSA) is 130 Å². The van der Waals surface area contributed by atoms with E-state index in [4.69, 9.17) is 10.2 Å². The minimum atomic E-state index is -1.55. The third kappa shape index (κ3) is 3.63. The van der Waals surface area contributed by atoms with Gasteiger partial charge in [0.05, 0.1) is 13.2 Å². The number of rotatable bonds is 5. The molecule has 0 spiro atoms. The summed E-state index contributed by atoms with van der Waals surface area (Å²) in [7, 11) is 0. The first-order valence-electron chi connectivity index (χ1n) is 5.19. The Kier molecular flexibility index (Phi) is 4.82. The summed E-state index contributed by atoms with van der Waals surface area (Å²) >= 11 is 0. The monoisotopic (exact) mass is 248 g/mol. The van der Waals surface area contributed by atoms with Crippen LogP contribution in [-0.2, 0) is 4.79 Å². The summed E-state index contributed by atoms with van der Waals surface area (Å²) in [6.45, 7) is -0.774. The first-order chi connectivity index (χ1) is 7.95. The van der Waals surface area contributed by atoms with Crippen LogP contribution in [0.4, 0.5) is 4.79 Å². The van der Waals surface area contributed by atoms with Gasteiger partial charge in [-0.1, -0.05) is 0 Å². The standard InChI is InChI=1S/C9H16N2O6/c12-4-6(14)8(16)5(13)3-11-2-1-7(15)10-9(11)17/h5-6,8,12-14,16H,1-4H2,(H,10,15,17). The maximum atomic E-state index is 11.3. The number of hydrogen-bond acceptors (Lipinski definition) is 6. The number of imide groups is 1. The van der Waals surface area contributed by atoms with Gasteiger partial charge in [0.25, 0.3) is 0 Å². The highest BCUT2D eigenvalue weighted by molar-refractivity contribution is 5.96. The van der Waals surface area contributed by atoms with Gasteiger partial charge >= 0.3 is 6.03 Å².